The number of carbonyl (C=O) groups is 1. The highest BCUT2D eigenvalue weighted by atomic mass is 32.1. The Labute approximate surface area is 71.9 Å². The minimum Gasteiger partial charge on any atom is -0.480 e. The third-order valence-electron chi connectivity index (χ3n) is 1.29. The van der Waals surface area contributed by atoms with Crippen LogP contribution < -0.4 is 5.32 Å². The Hall–Kier alpha value is -0.640. The van der Waals surface area contributed by atoms with Crippen LogP contribution in [0.4, 0.5) is 0 Å². The largest absolute Gasteiger partial charge is 0.480 e. The number of hydrogen-bond acceptors (Lipinski definition) is 3. The van der Waals surface area contributed by atoms with E-state index in [1.165, 1.54) is 0 Å². The topological polar surface area (TPSA) is 49.3 Å². The highest BCUT2D eigenvalue weighted by Crippen LogP contribution is 1.96. The van der Waals surface area contributed by atoms with E-state index < -0.39 is 12.0 Å². The van der Waals surface area contributed by atoms with E-state index in [0.717, 1.165) is 12.1 Å². The summed E-state index contributed by atoms with van der Waals surface area (Å²) in [6, 6.07) is -0.620. The van der Waals surface area contributed by atoms with Gasteiger partial charge in [-0.1, -0.05) is 13.5 Å². The van der Waals surface area contributed by atoms with Crippen molar-refractivity contribution in [2.75, 3.05) is 5.75 Å². The summed E-state index contributed by atoms with van der Waals surface area (Å²) in [7, 11) is 0. The van der Waals surface area contributed by atoms with E-state index in [4.69, 9.17) is 5.11 Å². The van der Waals surface area contributed by atoms with Crippen molar-refractivity contribution >= 4 is 18.6 Å². The molecule has 0 bridgehead atoms. The van der Waals surface area contributed by atoms with Crippen LogP contribution in [-0.2, 0) is 4.79 Å². The average Bonchev–Trinajstić information content (AvgIpc) is 1.99. The molecule has 0 aliphatic carbocycles. The Morgan fingerprint density at radius 3 is 2.64 bits per heavy atom. The summed E-state index contributed by atoms with van der Waals surface area (Å²) in [6.07, 6.45) is 0.734. The van der Waals surface area contributed by atoms with Crippen molar-refractivity contribution in [1.29, 1.82) is 0 Å². The molecule has 3 nitrogen and oxygen atoms in total. The number of carboxylic acids is 1. The number of hydrogen-bond donors (Lipinski definition) is 3. The molecule has 1 atom stereocenters. The molecule has 0 saturated carbocycles. The Morgan fingerprint density at radius 1 is 1.82 bits per heavy atom. The second-order valence-electron chi connectivity index (χ2n) is 2.17. The third-order valence-corrected chi connectivity index (χ3v) is 1.65. The van der Waals surface area contributed by atoms with Crippen LogP contribution in [0.15, 0.2) is 12.3 Å². The molecule has 11 heavy (non-hydrogen) atoms. The fourth-order valence-electron chi connectivity index (χ4n) is 0.534. The maximum atomic E-state index is 10.4. The number of carboxylic acid groups (broad SMARTS) is 1. The molecule has 2 N–H and O–H groups in total. The molecule has 0 spiro atoms. The highest BCUT2D eigenvalue weighted by molar-refractivity contribution is 7.80. The van der Waals surface area contributed by atoms with E-state index in [2.05, 4.69) is 24.5 Å². The van der Waals surface area contributed by atoms with Gasteiger partial charge in [-0.15, -0.1) is 0 Å². The van der Waals surface area contributed by atoms with Crippen LogP contribution in [-0.4, -0.2) is 22.9 Å². The number of thiol groups is 1. The van der Waals surface area contributed by atoms with Crippen LogP contribution >= 0.6 is 12.6 Å². The van der Waals surface area contributed by atoms with Crippen LogP contribution in [0, 0.1) is 0 Å². The predicted molar refractivity (Wildman–Crippen MR) is 47.8 cm³/mol. The molecule has 0 aromatic rings. The summed E-state index contributed by atoms with van der Waals surface area (Å²) >= 11 is 3.88. The summed E-state index contributed by atoms with van der Waals surface area (Å²) in [5.41, 5.74) is 0.728. The molecule has 0 heterocycles. The Morgan fingerprint density at radius 2 is 2.36 bits per heavy atom. The van der Waals surface area contributed by atoms with E-state index in [-0.39, 0.29) is 5.75 Å². The molecule has 64 valence electrons. The Bertz CT molecular complexity index is 159. The van der Waals surface area contributed by atoms with E-state index in [1.807, 2.05) is 6.92 Å². The first-order chi connectivity index (χ1) is 5.11. The molecular weight excluding hydrogens is 162 g/mol. The van der Waals surface area contributed by atoms with Gasteiger partial charge in [0.25, 0.3) is 0 Å². The zero-order chi connectivity index (χ0) is 8.85. The Kier molecular flexibility index (Phi) is 4.77. The lowest BCUT2D eigenvalue weighted by atomic mass is 10.3. The third kappa shape index (κ3) is 3.93. The first-order valence-corrected chi connectivity index (χ1v) is 4.03. The van der Waals surface area contributed by atoms with Gasteiger partial charge in [-0.25, -0.2) is 4.79 Å². The van der Waals surface area contributed by atoms with Gasteiger partial charge in [-0.05, 0) is 6.42 Å². The fraction of sp³-hybridized carbons (Fsp3) is 0.571. The lowest BCUT2D eigenvalue weighted by Gasteiger charge is -2.13. The summed E-state index contributed by atoms with van der Waals surface area (Å²) in [4.78, 5) is 10.4. The van der Waals surface area contributed by atoms with Crippen molar-refractivity contribution in [2.45, 2.75) is 19.4 Å². The van der Waals surface area contributed by atoms with E-state index in [1.54, 1.807) is 0 Å². The summed E-state index contributed by atoms with van der Waals surface area (Å²) in [5, 5.41) is 11.3. The molecule has 0 amide bonds. The van der Waals surface area contributed by atoms with Crippen LogP contribution in [0.5, 0.6) is 0 Å². The lowest BCUT2D eigenvalue weighted by Crippen LogP contribution is -2.37. The van der Waals surface area contributed by atoms with E-state index >= 15 is 0 Å². The summed E-state index contributed by atoms with van der Waals surface area (Å²) in [6.45, 7) is 5.54. The van der Waals surface area contributed by atoms with Crippen molar-refractivity contribution in [3.05, 3.63) is 12.3 Å². The number of allylic oxidation sites excluding steroid dienone is 1. The highest BCUT2D eigenvalue weighted by Gasteiger charge is 2.14. The van der Waals surface area contributed by atoms with Crippen molar-refractivity contribution in [1.82, 2.24) is 5.32 Å². The first kappa shape index (κ1) is 10.4. The number of rotatable bonds is 5. The van der Waals surface area contributed by atoms with Crippen LogP contribution in [0.2, 0.25) is 0 Å². The van der Waals surface area contributed by atoms with Crippen molar-refractivity contribution in [2.24, 2.45) is 0 Å². The molecule has 0 aliphatic heterocycles. The summed E-state index contributed by atoms with van der Waals surface area (Å²) < 4.78 is 0. The van der Waals surface area contributed by atoms with Gasteiger partial charge in [0.1, 0.15) is 6.04 Å². The molecule has 0 unspecified atom stereocenters. The lowest BCUT2D eigenvalue weighted by molar-refractivity contribution is -0.138. The fourth-order valence-corrected chi connectivity index (χ4v) is 0.781. The van der Waals surface area contributed by atoms with Gasteiger partial charge in [0.15, 0.2) is 0 Å². The van der Waals surface area contributed by atoms with E-state index in [9.17, 15) is 4.79 Å². The maximum absolute atomic E-state index is 10.4. The standard InChI is InChI=1S/C7H13NO2S/c1-3-5(2)8-6(4-11)7(9)10/h6,8,11H,2-4H2,1H3,(H,9,10)/t6-/m0/s1. The monoisotopic (exact) mass is 175 g/mol. The van der Waals surface area contributed by atoms with Gasteiger partial charge in [0, 0.05) is 11.4 Å². The van der Waals surface area contributed by atoms with Crippen LogP contribution in [0.1, 0.15) is 13.3 Å². The quantitative estimate of drug-likeness (QED) is 0.544. The van der Waals surface area contributed by atoms with Crippen LogP contribution in [0.3, 0.4) is 0 Å². The van der Waals surface area contributed by atoms with Crippen LogP contribution in [0.25, 0.3) is 0 Å². The van der Waals surface area contributed by atoms with Gasteiger partial charge in [0.05, 0.1) is 0 Å². The second kappa shape index (κ2) is 5.07. The van der Waals surface area contributed by atoms with Gasteiger partial charge >= 0.3 is 5.97 Å². The molecule has 0 fully saturated rings. The van der Waals surface area contributed by atoms with Gasteiger partial charge in [0.2, 0.25) is 0 Å². The summed E-state index contributed by atoms with van der Waals surface area (Å²) in [5.74, 6) is -0.622. The predicted octanol–water partition coefficient (Wildman–Crippen LogP) is 0.883. The van der Waals surface area contributed by atoms with Gasteiger partial charge in [-0.2, -0.15) is 12.6 Å². The maximum Gasteiger partial charge on any atom is 0.326 e. The minimum atomic E-state index is -0.894. The first-order valence-electron chi connectivity index (χ1n) is 3.39. The zero-order valence-corrected chi connectivity index (χ0v) is 7.40. The molecule has 4 heteroatoms. The molecule has 0 saturated heterocycles. The van der Waals surface area contributed by atoms with Crippen molar-refractivity contribution < 1.29 is 9.90 Å². The molecular formula is C7H13NO2S. The second-order valence-corrected chi connectivity index (χ2v) is 2.54. The SMILES string of the molecule is C=C(CC)N[C@@H](CS)C(=O)O. The van der Waals surface area contributed by atoms with Crippen molar-refractivity contribution in [3.8, 4) is 0 Å². The van der Waals surface area contributed by atoms with E-state index in [0.29, 0.717) is 0 Å². The molecule has 0 aromatic heterocycles. The minimum absolute atomic E-state index is 0.272. The molecule has 0 radical (unpaired) electrons. The molecule has 0 aromatic carbocycles. The number of aliphatic carboxylic acids is 1. The average molecular weight is 175 g/mol. The molecule has 0 rings (SSSR count). The van der Waals surface area contributed by atoms with Crippen molar-refractivity contribution in [3.63, 3.8) is 0 Å². The van der Waals surface area contributed by atoms with Gasteiger partial charge in [-0.3, -0.25) is 0 Å². The Balaban J connectivity index is 3.88. The smallest absolute Gasteiger partial charge is 0.326 e. The normalized spacial score (nSPS) is 12.2. The zero-order valence-electron chi connectivity index (χ0n) is 6.50. The van der Waals surface area contributed by atoms with Gasteiger partial charge < -0.3 is 10.4 Å². The number of nitrogens with one attached hydrogen (secondary N) is 1. The molecule has 0 aliphatic rings.